The first-order valence-corrected chi connectivity index (χ1v) is 6.02. The van der Waals surface area contributed by atoms with Crippen LogP contribution in [-0.4, -0.2) is 15.1 Å². The maximum Gasteiger partial charge on any atom is 0.281 e. The highest BCUT2D eigenvalue weighted by molar-refractivity contribution is 5.96. The van der Waals surface area contributed by atoms with Crippen molar-refractivity contribution < 1.29 is 13.8 Å². The quantitative estimate of drug-likeness (QED) is 0.586. The van der Waals surface area contributed by atoms with Gasteiger partial charge in [0.25, 0.3) is 5.69 Å². The Bertz CT molecular complexity index is 805. The molecule has 0 radical (unpaired) electrons. The topological polar surface area (TPSA) is 94.1 Å². The van der Waals surface area contributed by atoms with E-state index in [1.807, 2.05) is 0 Å². The largest absolute Gasteiger partial charge is 0.374 e. The number of benzene rings is 1. The Kier molecular flexibility index (Phi) is 3.19. The van der Waals surface area contributed by atoms with E-state index in [0.29, 0.717) is 5.76 Å². The molecule has 0 spiro atoms. The maximum atomic E-state index is 14.1. The summed E-state index contributed by atoms with van der Waals surface area (Å²) in [7, 11) is 0. The summed E-state index contributed by atoms with van der Waals surface area (Å²) in [5.74, 6) is -0.232. The molecule has 0 aliphatic rings. The summed E-state index contributed by atoms with van der Waals surface area (Å²) in [6, 6.07) is 5.60. The molecule has 0 atom stereocenters. The van der Waals surface area contributed by atoms with Crippen molar-refractivity contribution in [1.29, 1.82) is 0 Å². The predicted octanol–water partition coefficient (Wildman–Crippen LogP) is 2.88. The third kappa shape index (κ3) is 2.38. The van der Waals surface area contributed by atoms with Gasteiger partial charge in [0.15, 0.2) is 11.6 Å². The molecule has 3 rings (SSSR count). The number of rotatable bonds is 4. The summed E-state index contributed by atoms with van der Waals surface area (Å²) in [6.07, 6.45) is 2.92. The molecular weight excluding hydrogens is 279 g/mol. The summed E-state index contributed by atoms with van der Waals surface area (Å²) >= 11 is 0. The number of aromatic nitrogens is 2. The molecule has 0 aliphatic heterocycles. The van der Waals surface area contributed by atoms with Gasteiger partial charge in [0, 0.05) is 12.3 Å². The average molecular weight is 288 g/mol. The molecule has 0 saturated heterocycles. The van der Waals surface area contributed by atoms with Crippen LogP contribution in [0.15, 0.2) is 41.2 Å². The Labute approximate surface area is 117 Å². The smallest absolute Gasteiger partial charge is 0.281 e. The van der Waals surface area contributed by atoms with Crippen molar-refractivity contribution in [2.24, 2.45) is 0 Å². The van der Waals surface area contributed by atoms with Gasteiger partial charge in [-0.15, -0.1) is 0 Å². The Morgan fingerprint density at radius 3 is 2.95 bits per heavy atom. The lowest BCUT2D eigenvalue weighted by Crippen LogP contribution is -2.04. The third-order valence-corrected chi connectivity index (χ3v) is 2.95. The van der Waals surface area contributed by atoms with Crippen LogP contribution in [0.1, 0.15) is 5.76 Å². The number of fused-ring (bicyclic) bond motifs is 1. The maximum absolute atomic E-state index is 14.1. The van der Waals surface area contributed by atoms with Gasteiger partial charge >= 0.3 is 0 Å². The lowest BCUT2D eigenvalue weighted by atomic mass is 10.1. The molecule has 0 amide bonds. The van der Waals surface area contributed by atoms with Crippen molar-refractivity contribution >= 4 is 22.3 Å². The normalized spacial score (nSPS) is 10.7. The zero-order chi connectivity index (χ0) is 14.8. The van der Waals surface area contributed by atoms with Crippen LogP contribution >= 0.6 is 0 Å². The Hall–Kier alpha value is -3.03. The molecule has 8 heteroatoms. The number of nitrogens with zero attached hydrogens (tertiary/aromatic N) is 3. The van der Waals surface area contributed by atoms with Crippen LogP contribution in [0.2, 0.25) is 0 Å². The molecule has 1 aromatic carbocycles. The molecule has 3 aromatic rings. The SMILES string of the molecule is O=[N+]([O-])c1cc(F)c(NCc2ccno2)c2ncccc12. The first kappa shape index (κ1) is 13.0. The van der Waals surface area contributed by atoms with Gasteiger partial charge in [-0.25, -0.2) is 4.39 Å². The molecule has 0 aliphatic carbocycles. The van der Waals surface area contributed by atoms with E-state index >= 15 is 0 Å². The second-order valence-corrected chi connectivity index (χ2v) is 4.24. The van der Waals surface area contributed by atoms with E-state index in [1.54, 1.807) is 12.1 Å². The number of pyridine rings is 1. The van der Waals surface area contributed by atoms with Crippen LogP contribution in [0.25, 0.3) is 10.9 Å². The average Bonchev–Trinajstić information content (AvgIpc) is 2.98. The van der Waals surface area contributed by atoms with Gasteiger partial charge in [0.1, 0.15) is 5.52 Å². The van der Waals surface area contributed by atoms with Crippen molar-refractivity contribution in [3.63, 3.8) is 0 Å². The fourth-order valence-electron chi connectivity index (χ4n) is 2.02. The Morgan fingerprint density at radius 2 is 2.24 bits per heavy atom. The lowest BCUT2D eigenvalue weighted by molar-refractivity contribution is -0.383. The van der Waals surface area contributed by atoms with Crippen LogP contribution in [0.5, 0.6) is 0 Å². The minimum atomic E-state index is -0.743. The summed E-state index contributed by atoms with van der Waals surface area (Å²) in [6.45, 7) is 0.195. The second kappa shape index (κ2) is 5.16. The Balaban J connectivity index is 2.08. The molecule has 0 saturated carbocycles. The number of nitrogens with one attached hydrogen (secondary N) is 1. The molecule has 1 N–H and O–H groups in total. The summed E-state index contributed by atoms with van der Waals surface area (Å²) in [5.41, 5.74) is -0.0304. The van der Waals surface area contributed by atoms with E-state index in [9.17, 15) is 14.5 Å². The van der Waals surface area contributed by atoms with Gasteiger partial charge in [0.05, 0.1) is 34.8 Å². The van der Waals surface area contributed by atoms with Crippen molar-refractivity contribution in [3.05, 3.63) is 58.4 Å². The molecule has 21 heavy (non-hydrogen) atoms. The second-order valence-electron chi connectivity index (χ2n) is 4.24. The monoisotopic (exact) mass is 288 g/mol. The van der Waals surface area contributed by atoms with Crippen LogP contribution in [0.3, 0.4) is 0 Å². The molecule has 2 aromatic heterocycles. The number of halogens is 1. The molecule has 0 unspecified atom stereocenters. The van der Waals surface area contributed by atoms with Gasteiger partial charge < -0.3 is 9.84 Å². The molecule has 0 bridgehead atoms. The van der Waals surface area contributed by atoms with E-state index in [-0.39, 0.29) is 28.8 Å². The van der Waals surface area contributed by atoms with Gasteiger partial charge in [-0.3, -0.25) is 15.1 Å². The number of anilines is 1. The molecule has 7 nitrogen and oxygen atoms in total. The van der Waals surface area contributed by atoms with E-state index in [1.165, 1.54) is 18.5 Å². The highest BCUT2D eigenvalue weighted by Crippen LogP contribution is 2.32. The first-order chi connectivity index (χ1) is 10.2. The zero-order valence-corrected chi connectivity index (χ0v) is 10.6. The summed E-state index contributed by atoms with van der Waals surface area (Å²) < 4.78 is 19.0. The van der Waals surface area contributed by atoms with E-state index in [0.717, 1.165) is 6.07 Å². The predicted molar refractivity (Wildman–Crippen MR) is 72.2 cm³/mol. The third-order valence-electron chi connectivity index (χ3n) is 2.95. The van der Waals surface area contributed by atoms with Gasteiger partial charge in [-0.2, -0.15) is 0 Å². The minimum Gasteiger partial charge on any atom is -0.374 e. The van der Waals surface area contributed by atoms with E-state index < -0.39 is 10.7 Å². The van der Waals surface area contributed by atoms with Gasteiger partial charge in [-0.1, -0.05) is 5.16 Å². The molecule has 106 valence electrons. The number of non-ortho nitro benzene ring substituents is 1. The zero-order valence-electron chi connectivity index (χ0n) is 10.6. The Morgan fingerprint density at radius 1 is 1.38 bits per heavy atom. The summed E-state index contributed by atoms with van der Waals surface area (Å²) in [5, 5.41) is 17.6. The number of nitro groups is 1. The molecule has 2 heterocycles. The van der Waals surface area contributed by atoms with E-state index in [4.69, 9.17) is 4.52 Å². The van der Waals surface area contributed by atoms with E-state index in [2.05, 4.69) is 15.5 Å². The number of hydrogen-bond acceptors (Lipinski definition) is 6. The molecule has 0 fully saturated rings. The number of hydrogen-bond donors (Lipinski definition) is 1. The van der Waals surface area contributed by atoms with Crippen molar-refractivity contribution in [2.75, 3.05) is 5.32 Å². The number of nitro benzene ring substituents is 1. The van der Waals surface area contributed by atoms with Crippen molar-refractivity contribution in [3.8, 4) is 0 Å². The van der Waals surface area contributed by atoms with Gasteiger partial charge in [-0.05, 0) is 12.1 Å². The molecular formula is C13H9FN4O3. The fraction of sp³-hybridized carbons (Fsp3) is 0.0769. The summed E-state index contributed by atoms with van der Waals surface area (Å²) in [4.78, 5) is 14.4. The first-order valence-electron chi connectivity index (χ1n) is 6.02. The van der Waals surface area contributed by atoms with Gasteiger partial charge in [0.2, 0.25) is 0 Å². The van der Waals surface area contributed by atoms with Crippen LogP contribution in [0.4, 0.5) is 15.8 Å². The highest BCUT2D eigenvalue weighted by atomic mass is 19.1. The highest BCUT2D eigenvalue weighted by Gasteiger charge is 2.19. The van der Waals surface area contributed by atoms with Crippen molar-refractivity contribution in [2.45, 2.75) is 6.54 Å². The van der Waals surface area contributed by atoms with Crippen LogP contribution in [0, 0.1) is 15.9 Å². The van der Waals surface area contributed by atoms with Crippen molar-refractivity contribution in [1.82, 2.24) is 10.1 Å². The minimum absolute atomic E-state index is 0.0904. The fourth-order valence-corrected chi connectivity index (χ4v) is 2.02. The van der Waals surface area contributed by atoms with Crippen LogP contribution in [-0.2, 0) is 6.54 Å². The lowest BCUT2D eigenvalue weighted by Gasteiger charge is -2.09. The van der Waals surface area contributed by atoms with Crippen LogP contribution < -0.4 is 5.32 Å². The standard InChI is InChI=1S/C13H9FN4O3/c14-10-6-11(18(19)20)9-2-1-4-15-12(9)13(10)16-7-8-3-5-17-21-8/h1-6,16H,7H2.